The van der Waals surface area contributed by atoms with Crippen molar-refractivity contribution < 1.29 is 4.79 Å². The van der Waals surface area contributed by atoms with Crippen molar-refractivity contribution in [2.45, 2.75) is 18.9 Å². The van der Waals surface area contributed by atoms with E-state index in [1.165, 1.54) is 6.42 Å². The number of likely N-dealkylation sites (N-methyl/N-ethyl adjacent to an activating group) is 2. The third-order valence-electron chi connectivity index (χ3n) is 3.56. The second-order valence-electron chi connectivity index (χ2n) is 4.98. The number of carbonyl (C=O) groups is 1. The average molecular weight is 311 g/mol. The minimum Gasteiger partial charge on any atom is -0.337 e. The maximum absolute atomic E-state index is 12.4. The fourth-order valence-electron chi connectivity index (χ4n) is 2.42. The Morgan fingerprint density at radius 2 is 2.06 bits per heavy atom. The number of carbonyl (C=O) groups excluding carboxylic acids is 1. The predicted molar refractivity (Wildman–Crippen MR) is 76.8 cm³/mol. The zero-order chi connectivity index (χ0) is 13.1. The maximum atomic E-state index is 12.4. The Labute approximate surface area is 117 Å². The van der Waals surface area contributed by atoms with E-state index in [4.69, 9.17) is 0 Å². The van der Waals surface area contributed by atoms with Crippen LogP contribution in [0.15, 0.2) is 28.7 Å². The first-order valence-electron chi connectivity index (χ1n) is 6.29. The third-order valence-corrected chi connectivity index (χ3v) is 4.09. The molecule has 2 rings (SSSR count). The highest BCUT2D eigenvalue weighted by molar-refractivity contribution is 9.10. The fourth-order valence-corrected chi connectivity index (χ4v) is 2.68. The zero-order valence-electron chi connectivity index (χ0n) is 10.9. The Kier molecular flexibility index (Phi) is 4.40. The molecular formula is C14H19BrN2O. The summed E-state index contributed by atoms with van der Waals surface area (Å²) in [7, 11) is 4.03. The molecule has 1 unspecified atom stereocenters. The SMILES string of the molecule is CN1CCCC(N(C)C(=O)c2ccc(Br)cc2)C1. The summed E-state index contributed by atoms with van der Waals surface area (Å²) in [5.41, 5.74) is 0.758. The molecule has 1 heterocycles. The lowest BCUT2D eigenvalue weighted by molar-refractivity contribution is 0.0644. The molecular weight excluding hydrogens is 292 g/mol. The van der Waals surface area contributed by atoms with Gasteiger partial charge in [0, 0.05) is 29.7 Å². The zero-order valence-corrected chi connectivity index (χ0v) is 12.5. The first-order chi connectivity index (χ1) is 8.58. The van der Waals surface area contributed by atoms with Crippen LogP contribution in [-0.4, -0.2) is 48.9 Å². The van der Waals surface area contributed by atoms with Gasteiger partial charge in [-0.3, -0.25) is 4.79 Å². The Balaban J connectivity index is 2.06. The molecule has 18 heavy (non-hydrogen) atoms. The minimum absolute atomic E-state index is 0.114. The van der Waals surface area contributed by atoms with Gasteiger partial charge in [0.25, 0.3) is 5.91 Å². The van der Waals surface area contributed by atoms with E-state index >= 15 is 0 Å². The molecule has 0 spiro atoms. The molecule has 1 amide bonds. The highest BCUT2D eigenvalue weighted by Gasteiger charge is 2.24. The summed E-state index contributed by atoms with van der Waals surface area (Å²) in [6.45, 7) is 2.11. The molecule has 0 bridgehead atoms. The van der Waals surface area contributed by atoms with Crippen LogP contribution in [0.25, 0.3) is 0 Å². The van der Waals surface area contributed by atoms with Crippen LogP contribution in [0.1, 0.15) is 23.2 Å². The molecule has 0 radical (unpaired) electrons. The van der Waals surface area contributed by atoms with Crippen LogP contribution in [0.2, 0.25) is 0 Å². The number of piperidine rings is 1. The number of likely N-dealkylation sites (tertiary alicyclic amines) is 1. The molecule has 0 aromatic heterocycles. The number of rotatable bonds is 2. The second-order valence-corrected chi connectivity index (χ2v) is 5.90. The van der Waals surface area contributed by atoms with Gasteiger partial charge in [-0.15, -0.1) is 0 Å². The lowest BCUT2D eigenvalue weighted by Gasteiger charge is -2.35. The van der Waals surface area contributed by atoms with Gasteiger partial charge in [0.05, 0.1) is 0 Å². The predicted octanol–water partition coefficient (Wildman–Crippen LogP) is 2.62. The Morgan fingerprint density at radius 3 is 2.67 bits per heavy atom. The normalized spacial score (nSPS) is 20.7. The number of amides is 1. The van der Waals surface area contributed by atoms with Gasteiger partial charge >= 0.3 is 0 Å². The Morgan fingerprint density at radius 1 is 1.39 bits per heavy atom. The van der Waals surface area contributed by atoms with Gasteiger partial charge < -0.3 is 9.80 Å². The first kappa shape index (κ1) is 13.6. The van der Waals surface area contributed by atoms with Crippen LogP contribution in [0.4, 0.5) is 0 Å². The number of hydrogen-bond donors (Lipinski definition) is 0. The summed E-state index contributed by atoms with van der Waals surface area (Å²) in [6.07, 6.45) is 2.27. The van der Waals surface area contributed by atoms with Crippen molar-refractivity contribution in [3.05, 3.63) is 34.3 Å². The molecule has 1 aliphatic rings. The van der Waals surface area contributed by atoms with E-state index in [2.05, 4.69) is 27.9 Å². The molecule has 3 nitrogen and oxygen atoms in total. The number of nitrogens with zero attached hydrogens (tertiary/aromatic N) is 2. The summed E-state index contributed by atoms with van der Waals surface area (Å²) < 4.78 is 0.999. The van der Waals surface area contributed by atoms with Crippen LogP contribution in [0.3, 0.4) is 0 Å². The van der Waals surface area contributed by atoms with E-state index in [9.17, 15) is 4.79 Å². The van der Waals surface area contributed by atoms with Crippen LogP contribution in [-0.2, 0) is 0 Å². The highest BCUT2D eigenvalue weighted by atomic mass is 79.9. The highest BCUT2D eigenvalue weighted by Crippen LogP contribution is 2.17. The monoisotopic (exact) mass is 310 g/mol. The molecule has 1 atom stereocenters. The maximum Gasteiger partial charge on any atom is 0.253 e. The molecule has 0 saturated carbocycles. The smallest absolute Gasteiger partial charge is 0.253 e. The summed E-state index contributed by atoms with van der Waals surface area (Å²) in [6, 6.07) is 7.90. The Bertz CT molecular complexity index is 418. The molecule has 1 aromatic rings. The van der Waals surface area contributed by atoms with Crippen molar-refractivity contribution in [2.24, 2.45) is 0 Å². The molecule has 4 heteroatoms. The molecule has 0 N–H and O–H groups in total. The third kappa shape index (κ3) is 3.12. The minimum atomic E-state index is 0.114. The first-order valence-corrected chi connectivity index (χ1v) is 7.08. The van der Waals surface area contributed by atoms with Crippen LogP contribution in [0, 0.1) is 0 Å². The summed E-state index contributed by atoms with van der Waals surface area (Å²) in [5.74, 6) is 0.114. The van der Waals surface area contributed by atoms with Crippen molar-refractivity contribution in [3.63, 3.8) is 0 Å². The molecule has 0 aliphatic carbocycles. The summed E-state index contributed by atoms with van der Waals surface area (Å²) in [4.78, 5) is 16.5. The number of hydrogen-bond acceptors (Lipinski definition) is 2. The van der Waals surface area contributed by atoms with Gasteiger partial charge in [-0.05, 0) is 50.7 Å². The van der Waals surface area contributed by atoms with Crippen LogP contribution >= 0.6 is 15.9 Å². The molecule has 98 valence electrons. The lowest BCUT2D eigenvalue weighted by atomic mass is 10.0. The van der Waals surface area contributed by atoms with E-state index in [1.807, 2.05) is 36.2 Å². The van der Waals surface area contributed by atoms with Crippen LogP contribution in [0.5, 0.6) is 0 Å². The summed E-state index contributed by atoms with van der Waals surface area (Å²) in [5, 5.41) is 0. The van der Waals surface area contributed by atoms with Crippen molar-refractivity contribution in [2.75, 3.05) is 27.2 Å². The quantitative estimate of drug-likeness (QED) is 0.838. The average Bonchev–Trinajstić information content (AvgIpc) is 2.38. The van der Waals surface area contributed by atoms with E-state index in [-0.39, 0.29) is 5.91 Å². The van der Waals surface area contributed by atoms with Crippen LogP contribution < -0.4 is 0 Å². The van der Waals surface area contributed by atoms with Crippen molar-refractivity contribution >= 4 is 21.8 Å². The van der Waals surface area contributed by atoms with E-state index in [0.717, 1.165) is 29.5 Å². The molecule has 1 aromatic carbocycles. The number of halogens is 1. The van der Waals surface area contributed by atoms with E-state index in [0.29, 0.717) is 6.04 Å². The Hall–Kier alpha value is -0.870. The van der Waals surface area contributed by atoms with E-state index in [1.54, 1.807) is 0 Å². The summed E-state index contributed by atoms with van der Waals surface area (Å²) >= 11 is 3.38. The molecule has 1 fully saturated rings. The van der Waals surface area contributed by atoms with Gasteiger partial charge in [0.2, 0.25) is 0 Å². The molecule has 1 saturated heterocycles. The topological polar surface area (TPSA) is 23.6 Å². The van der Waals surface area contributed by atoms with Gasteiger partial charge in [-0.2, -0.15) is 0 Å². The standard InChI is InChI=1S/C14H19BrN2O/c1-16-9-3-4-13(10-16)17(2)14(18)11-5-7-12(15)8-6-11/h5-8,13H,3-4,9-10H2,1-2H3. The van der Waals surface area contributed by atoms with Crippen molar-refractivity contribution in [3.8, 4) is 0 Å². The fraction of sp³-hybridized carbons (Fsp3) is 0.500. The van der Waals surface area contributed by atoms with Gasteiger partial charge in [0.1, 0.15) is 0 Å². The lowest BCUT2D eigenvalue weighted by Crippen LogP contribution is -2.47. The largest absolute Gasteiger partial charge is 0.337 e. The van der Waals surface area contributed by atoms with Crippen molar-refractivity contribution in [1.29, 1.82) is 0 Å². The second kappa shape index (κ2) is 5.85. The van der Waals surface area contributed by atoms with E-state index < -0.39 is 0 Å². The molecule has 1 aliphatic heterocycles. The van der Waals surface area contributed by atoms with Gasteiger partial charge in [0.15, 0.2) is 0 Å². The number of benzene rings is 1. The van der Waals surface area contributed by atoms with Gasteiger partial charge in [-0.1, -0.05) is 15.9 Å². The van der Waals surface area contributed by atoms with Gasteiger partial charge in [-0.25, -0.2) is 0 Å². The van der Waals surface area contributed by atoms with Crippen molar-refractivity contribution in [1.82, 2.24) is 9.80 Å².